The molecule has 3 heterocycles. The number of hydrogen-bond acceptors (Lipinski definition) is 8. The van der Waals surface area contributed by atoms with Crippen LogP contribution in [0.4, 0.5) is 5.13 Å². The predicted molar refractivity (Wildman–Crippen MR) is 76.1 cm³/mol. The minimum absolute atomic E-state index is 0.0130. The third-order valence-corrected chi connectivity index (χ3v) is 3.97. The second-order valence-electron chi connectivity index (χ2n) is 4.38. The Morgan fingerprint density at radius 2 is 2.24 bits per heavy atom. The van der Waals surface area contributed by atoms with E-state index in [2.05, 4.69) is 10.1 Å². The summed E-state index contributed by atoms with van der Waals surface area (Å²) in [7, 11) is 0. The molecule has 1 aliphatic heterocycles. The lowest BCUT2D eigenvalue weighted by Crippen LogP contribution is -2.36. The minimum atomic E-state index is -0.599. The number of fused-ring (bicyclic) bond motifs is 1. The number of rotatable bonds is 3. The zero-order valence-corrected chi connectivity index (χ0v) is 12.3. The monoisotopic (exact) mass is 310 g/mol. The van der Waals surface area contributed by atoms with Gasteiger partial charge in [0, 0.05) is 19.2 Å². The summed E-state index contributed by atoms with van der Waals surface area (Å²) in [5.74, 6) is -0.599. The maximum Gasteiger partial charge on any atom is 0.357 e. The number of esters is 1. The molecular weight excluding hydrogens is 296 g/mol. The van der Waals surface area contributed by atoms with Crippen molar-refractivity contribution in [3.8, 4) is 0 Å². The van der Waals surface area contributed by atoms with Gasteiger partial charge in [0.1, 0.15) is 0 Å². The molecule has 2 aromatic rings. The van der Waals surface area contributed by atoms with Crippen molar-refractivity contribution in [2.75, 3.05) is 37.8 Å². The smallest absolute Gasteiger partial charge is 0.357 e. The molecule has 0 N–H and O–H groups in total. The third kappa shape index (κ3) is 2.74. The van der Waals surface area contributed by atoms with Crippen LogP contribution >= 0.6 is 11.3 Å². The van der Waals surface area contributed by atoms with E-state index < -0.39 is 5.97 Å². The van der Waals surface area contributed by atoms with Gasteiger partial charge in [-0.3, -0.25) is 4.79 Å². The number of carbonyl (C=O) groups is 1. The van der Waals surface area contributed by atoms with Crippen LogP contribution in [0.3, 0.4) is 0 Å². The van der Waals surface area contributed by atoms with E-state index in [1.807, 2.05) is 4.90 Å². The molecule has 0 atom stereocenters. The zero-order chi connectivity index (χ0) is 14.8. The number of carbonyl (C=O) groups excluding carboxylic acids is 1. The van der Waals surface area contributed by atoms with Crippen molar-refractivity contribution in [2.45, 2.75) is 6.92 Å². The van der Waals surface area contributed by atoms with E-state index >= 15 is 0 Å². The Morgan fingerprint density at radius 1 is 1.48 bits per heavy atom. The SMILES string of the molecule is CCOC(=O)c1cc(=O)n2nc(N3CCOCC3)sc2n1. The van der Waals surface area contributed by atoms with Gasteiger partial charge in [-0.2, -0.15) is 4.52 Å². The zero-order valence-electron chi connectivity index (χ0n) is 11.4. The Bertz CT molecular complexity index is 720. The highest BCUT2D eigenvalue weighted by Crippen LogP contribution is 2.22. The number of aromatic nitrogens is 3. The van der Waals surface area contributed by atoms with Gasteiger partial charge in [0.05, 0.1) is 19.8 Å². The molecule has 1 aliphatic rings. The van der Waals surface area contributed by atoms with E-state index in [1.54, 1.807) is 6.92 Å². The first-order chi connectivity index (χ1) is 10.2. The Hall–Kier alpha value is -2.00. The fourth-order valence-corrected chi connectivity index (χ4v) is 2.95. The Morgan fingerprint density at radius 3 is 2.95 bits per heavy atom. The average Bonchev–Trinajstić information content (AvgIpc) is 2.93. The van der Waals surface area contributed by atoms with Gasteiger partial charge in [-0.25, -0.2) is 9.78 Å². The van der Waals surface area contributed by atoms with Crippen LogP contribution in [-0.2, 0) is 9.47 Å². The molecule has 9 heteroatoms. The summed E-state index contributed by atoms with van der Waals surface area (Å²) in [4.78, 5) is 30.3. The summed E-state index contributed by atoms with van der Waals surface area (Å²) in [5.41, 5.74) is -0.377. The highest BCUT2D eigenvalue weighted by Gasteiger charge is 2.19. The van der Waals surface area contributed by atoms with Crippen molar-refractivity contribution in [2.24, 2.45) is 0 Å². The topological polar surface area (TPSA) is 86.0 Å². The van der Waals surface area contributed by atoms with Crippen LogP contribution in [0.2, 0.25) is 0 Å². The maximum atomic E-state index is 12.0. The summed E-state index contributed by atoms with van der Waals surface area (Å²) in [6, 6.07) is 1.15. The van der Waals surface area contributed by atoms with Gasteiger partial charge in [-0.05, 0) is 6.92 Å². The number of nitrogens with zero attached hydrogens (tertiary/aromatic N) is 4. The van der Waals surface area contributed by atoms with Crippen LogP contribution in [-0.4, -0.2) is 53.5 Å². The number of ether oxygens (including phenoxy) is 2. The van der Waals surface area contributed by atoms with Gasteiger partial charge in [0.2, 0.25) is 10.1 Å². The molecule has 0 aromatic carbocycles. The highest BCUT2D eigenvalue weighted by molar-refractivity contribution is 7.20. The van der Waals surface area contributed by atoms with Crippen molar-refractivity contribution in [1.82, 2.24) is 14.6 Å². The summed E-state index contributed by atoms with van der Waals surface area (Å²) < 4.78 is 11.4. The molecule has 0 radical (unpaired) electrons. The van der Waals surface area contributed by atoms with Crippen molar-refractivity contribution in [3.05, 3.63) is 22.1 Å². The van der Waals surface area contributed by atoms with Crippen molar-refractivity contribution in [1.29, 1.82) is 0 Å². The quantitative estimate of drug-likeness (QED) is 0.747. The largest absolute Gasteiger partial charge is 0.461 e. The molecule has 112 valence electrons. The fraction of sp³-hybridized carbons (Fsp3) is 0.500. The molecule has 0 saturated carbocycles. The lowest BCUT2D eigenvalue weighted by atomic mass is 10.4. The maximum absolute atomic E-state index is 12.0. The molecule has 1 fully saturated rings. The van der Waals surface area contributed by atoms with Crippen LogP contribution in [0.15, 0.2) is 10.9 Å². The lowest BCUT2D eigenvalue weighted by Gasteiger charge is -2.25. The van der Waals surface area contributed by atoms with Gasteiger partial charge in [-0.1, -0.05) is 11.3 Å². The van der Waals surface area contributed by atoms with Crippen LogP contribution in [0.1, 0.15) is 17.4 Å². The highest BCUT2D eigenvalue weighted by atomic mass is 32.1. The van der Waals surface area contributed by atoms with E-state index in [-0.39, 0.29) is 17.9 Å². The second kappa shape index (κ2) is 5.78. The Kier molecular flexibility index (Phi) is 3.84. The Balaban J connectivity index is 1.98. The van der Waals surface area contributed by atoms with E-state index in [9.17, 15) is 9.59 Å². The van der Waals surface area contributed by atoms with Crippen LogP contribution < -0.4 is 10.5 Å². The van der Waals surface area contributed by atoms with Crippen molar-refractivity contribution >= 4 is 27.4 Å². The van der Waals surface area contributed by atoms with E-state index in [1.165, 1.54) is 15.9 Å². The number of hydrogen-bond donors (Lipinski definition) is 0. The molecule has 0 amide bonds. The van der Waals surface area contributed by atoms with Gasteiger partial charge < -0.3 is 14.4 Å². The van der Waals surface area contributed by atoms with Crippen molar-refractivity contribution in [3.63, 3.8) is 0 Å². The minimum Gasteiger partial charge on any atom is -0.461 e. The van der Waals surface area contributed by atoms with E-state index in [0.717, 1.165) is 19.2 Å². The first kappa shape index (κ1) is 14.0. The average molecular weight is 310 g/mol. The summed E-state index contributed by atoms with van der Waals surface area (Å²) in [6.45, 7) is 4.64. The van der Waals surface area contributed by atoms with Gasteiger partial charge in [0.25, 0.3) is 5.56 Å². The first-order valence-electron chi connectivity index (χ1n) is 6.60. The predicted octanol–water partition coefficient (Wildman–Crippen LogP) is 0.164. The summed E-state index contributed by atoms with van der Waals surface area (Å²) in [6.07, 6.45) is 0. The molecule has 2 aromatic heterocycles. The standard InChI is InChI=1S/C12H14N4O4S/c1-2-20-10(18)8-7-9(17)16-11(13-8)21-12(14-16)15-3-5-19-6-4-15/h7H,2-6H2,1H3. The first-order valence-corrected chi connectivity index (χ1v) is 7.41. The summed E-state index contributed by atoms with van der Waals surface area (Å²) >= 11 is 1.27. The molecule has 3 rings (SSSR count). The second-order valence-corrected chi connectivity index (χ2v) is 5.31. The van der Waals surface area contributed by atoms with E-state index in [0.29, 0.717) is 23.3 Å². The third-order valence-electron chi connectivity index (χ3n) is 3.00. The van der Waals surface area contributed by atoms with Crippen LogP contribution in [0.5, 0.6) is 0 Å². The Labute approximate surface area is 123 Å². The van der Waals surface area contributed by atoms with Crippen LogP contribution in [0, 0.1) is 0 Å². The molecular formula is C12H14N4O4S. The molecule has 21 heavy (non-hydrogen) atoms. The number of morpholine rings is 1. The van der Waals surface area contributed by atoms with Gasteiger partial charge in [-0.15, -0.1) is 5.10 Å². The fourth-order valence-electron chi connectivity index (χ4n) is 1.99. The molecule has 1 saturated heterocycles. The van der Waals surface area contributed by atoms with Gasteiger partial charge in [0.15, 0.2) is 5.69 Å². The van der Waals surface area contributed by atoms with Crippen LogP contribution in [0.25, 0.3) is 4.96 Å². The normalized spacial score (nSPS) is 15.4. The molecule has 0 spiro atoms. The number of anilines is 1. The molecule has 0 aliphatic carbocycles. The molecule has 8 nitrogen and oxygen atoms in total. The molecule has 0 unspecified atom stereocenters. The lowest BCUT2D eigenvalue weighted by molar-refractivity contribution is 0.0519. The van der Waals surface area contributed by atoms with Gasteiger partial charge >= 0.3 is 5.97 Å². The molecule has 0 bridgehead atoms. The van der Waals surface area contributed by atoms with E-state index in [4.69, 9.17) is 9.47 Å². The summed E-state index contributed by atoms with van der Waals surface area (Å²) in [5, 5.41) is 4.96. The van der Waals surface area contributed by atoms with Crippen molar-refractivity contribution < 1.29 is 14.3 Å².